The normalized spacial score (nSPS) is 19.2. The van der Waals surface area contributed by atoms with Crippen molar-refractivity contribution in [2.75, 3.05) is 13.1 Å². The zero-order valence-corrected chi connectivity index (χ0v) is 15.7. The number of piperidine rings is 1. The van der Waals surface area contributed by atoms with Crippen LogP contribution in [-0.4, -0.2) is 38.4 Å². The van der Waals surface area contributed by atoms with E-state index in [1.165, 1.54) is 25.1 Å². The van der Waals surface area contributed by atoms with E-state index in [-0.39, 0.29) is 5.91 Å². The molecule has 0 unspecified atom stereocenters. The van der Waals surface area contributed by atoms with E-state index in [2.05, 4.69) is 20.7 Å². The molecule has 26 heavy (non-hydrogen) atoms. The number of thiophene rings is 1. The Bertz CT molecular complexity index is 883. The Labute approximate surface area is 157 Å². The summed E-state index contributed by atoms with van der Waals surface area (Å²) in [4.78, 5) is 22.7. The number of hydrogen-bond acceptors (Lipinski definition) is 3. The zero-order chi connectivity index (χ0) is 17.5. The number of carbonyl (C=O) groups is 1. The predicted octanol–water partition coefficient (Wildman–Crippen LogP) is 4.25. The van der Waals surface area contributed by atoms with Crippen molar-refractivity contribution in [2.24, 2.45) is 5.92 Å². The van der Waals surface area contributed by atoms with E-state index in [0.717, 1.165) is 54.3 Å². The summed E-state index contributed by atoms with van der Waals surface area (Å²) in [6, 6.07) is 4.02. The number of rotatable bonds is 4. The minimum Gasteiger partial charge on any atom is -0.350 e. The second kappa shape index (κ2) is 6.58. The lowest BCUT2D eigenvalue weighted by Gasteiger charge is -2.32. The van der Waals surface area contributed by atoms with Gasteiger partial charge in [0.25, 0.3) is 5.91 Å². The number of aromatic nitrogens is 3. The van der Waals surface area contributed by atoms with Gasteiger partial charge in [0, 0.05) is 37.9 Å². The number of fused-ring (bicyclic) bond motifs is 1. The molecule has 2 aliphatic rings. The van der Waals surface area contributed by atoms with Gasteiger partial charge in [-0.05, 0) is 49.1 Å². The van der Waals surface area contributed by atoms with Crippen LogP contribution in [0.2, 0.25) is 0 Å². The number of imidazole rings is 1. The number of nitrogens with zero attached hydrogens (tertiary/aromatic N) is 3. The van der Waals surface area contributed by atoms with E-state index >= 15 is 0 Å². The summed E-state index contributed by atoms with van der Waals surface area (Å²) in [6.07, 6.45) is 10.2. The van der Waals surface area contributed by atoms with Gasteiger partial charge in [-0.2, -0.15) is 0 Å². The third-order valence-corrected chi connectivity index (χ3v) is 6.91. The van der Waals surface area contributed by atoms with Crippen LogP contribution < -0.4 is 0 Å². The molecule has 5 nitrogen and oxygen atoms in total. The van der Waals surface area contributed by atoms with Crippen molar-refractivity contribution in [1.29, 1.82) is 0 Å². The van der Waals surface area contributed by atoms with Crippen LogP contribution in [0.1, 0.15) is 54.3 Å². The number of amides is 1. The molecule has 1 saturated carbocycles. The fourth-order valence-electron chi connectivity index (χ4n) is 4.26. The Balaban J connectivity index is 1.24. The summed E-state index contributed by atoms with van der Waals surface area (Å²) in [6.45, 7) is 2.74. The molecule has 4 heterocycles. The summed E-state index contributed by atoms with van der Waals surface area (Å²) in [5, 5.41) is 2.05. The van der Waals surface area contributed by atoms with Crippen LogP contribution in [0.3, 0.4) is 0 Å². The van der Waals surface area contributed by atoms with Gasteiger partial charge in [-0.3, -0.25) is 4.79 Å². The number of nitrogens with one attached hydrogen (secondary N) is 1. The molecular formula is C20H24N4OS. The van der Waals surface area contributed by atoms with Crippen molar-refractivity contribution in [3.63, 3.8) is 0 Å². The highest BCUT2D eigenvalue weighted by molar-refractivity contribution is 7.17. The minimum atomic E-state index is 0.129. The molecule has 0 radical (unpaired) electrons. The summed E-state index contributed by atoms with van der Waals surface area (Å²) in [5.41, 5.74) is 1.78. The fourth-order valence-corrected chi connectivity index (χ4v) is 5.05. The van der Waals surface area contributed by atoms with Crippen molar-refractivity contribution < 1.29 is 4.79 Å². The lowest BCUT2D eigenvalue weighted by molar-refractivity contribution is 0.0705. The van der Waals surface area contributed by atoms with Gasteiger partial charge in [0.2, 0.25) is 0 Å². The Morgan fingerprint density at radius 2 is 2.12 bits per heavy atom. The monoisotopic (exact) mass is 368 g/mol. The highest BCUT2D eigenvalue weighted by Gasteiger charge is 2.28. The van der Waals surface area contributed by atoms with E-state index in [1.54, 1.807) is 11.3 Å². The Kier molecular flexibility index (Phi) is 4.08. The average Bonchev–Trinajstić information content (AvgIpc) is 3.33. The molecule has 1 amide bonds. The average molecular weight is 369 g/mol. The SMILES string of the molecule is O=C(c1cc2sccc2[nH]1)N1CCC(c2nccn2CC2CCC2)CC1. The number of hydrogen-bond donors (Lipinski definition) is 1. The molecular weight excluding hydrogens is 344 g/mol. The highest BCUT2D eigenvalue weighted by Crippen LogP contribution is 2.32. The van der Waals surface area contributed by atoms with Crippen LogP contribution in [0.15, 0.2) is 29.9 Å². The summed E-state index contributed by atoms with van der Waals surface area (Å²) in [5.74, 6) is 2.67. The van der Waals surface area contributed by atoms with Gasteiger partial charge >= 0.3 is 0 Å². The van der Waals surface area contributed by atoms with Gasteiger partial charge in [0.15, 0.2) is 0 Å². The molecule has 0 atom stereocenters. The Morgan fingerprint density at radius 1 is 1.27 bits per heavy atom. The maximum absolute atomic E-state index is 12.8. The topological polar surface area (TPSA) is 53.9 Å². The molecule has 3 aromatic heterocycles. The molecule has 1 saturated heterocycles. The number of likely N-dealkylation sites (tertiary alicyclic amines) is 1. The molecule has 3 aromatic rings. The molecule has 1 aliphatic heterocycles. The van der Waals surface area contributed by atoms with Crippen molar-refractivity contribution in [1.82, 2.24) is 19.4 Å². The van der Waals surface area contributed by atoms with E-state index in [1.807, 2.05) is 28.6 Å². The number of H-pyrrole nitrogens is 1. The summed E-state index contributed by atoms with van der Waals surface area (Å²) in [7, 11) is 0. The Hall–Kier alpha value is -2.08. The van der Waals surface area contributed by atoms with Gasteiger partial charge in [0.05, 0.1) is 10.2 Å². The van der Waals surface area contributed by atoms with E-state index in [4.69, 9.17) is 0 Å². The van der Waals surface area contributed by atoms with E-state index in [9.17, 15) is 4.79 Å². The molecule has 0 spiro atoms. The Morgan fingerprint density at radius 3 is 2.85 bits per heavy atom. The fraction of sp³-hybridized carbons (Fsp3) is 0.500. The van der Waals surface area contributed by atoms with E-state index < -0.39 is 0 Å². The molecule has 2 fully saturated rings. The van der Waals surface area contributed by atoms with Crippen LogP contribution in [0.25, 0.3) is 10.2 Å². The van der Waals surface area contributed by atoms with Gasteiger partial charge in [-0.15, -0.1) is 11.3 Å². The number of carbonyl (C=O) groups excluding carboxylic acids is 1. The maximum atomic E-state index is 12.8. The first kappa shape index (κ1) is 16.1. The molecule has 0 bridgehead atoms. The van der Waals surface area contributed by atoms with Crippen LogP contribution in [0, 0.1) is 5.92 Å². The first-order valence-corrected chi connectivity index (χ1v) is 10.5. The smallest absolute Gasteiger partial charge is 0.270 e. The largest absolute Gasteiger partial charge is 0.350 e. The van der Waals surface area contributed by atoms with Gasteiger partial charge in [-0.25, -0.2) is 4.98 Å². The molecule has 0 aromatic carbocycles. The van der Waals surface area contributed by atoms with Crippen molar-refractivity contribution >= 4 is 27.5 Å². The first-order chi connectivity index (χ1) is 12.8. The van der Waals surface area contributed by atoms with Gasteiger partial charge < -0.3 is 14.5 Å². The van der Waals surface area contributed by atoms with Crippen LogP contribution in [0.5, 0.6) is 0 Å². The van der Waals surface area contributed by atoms with Crippen molar-refractivity contribution in [3.05, 3.63) is 41.4 Å². The van der Waals surface area contributed by atoms with Crippen LogP contribution in [0.4, 0.5) is 0 Å². The summed E-state index contributed by atoms with van der Waals surface area (Å²) >= 11 is 1.67. The van der Waals surface area contributed by atoms with Crippen LogP contribution in [-0.2, 0) is 6.54 Å². The standard InChI is InChI=1S/C20H24N4OS/c25-20(17-12-18-16(22-17)6-11-26-18)23-8-4-15(5-9-23)19-21-7-10-24(19)13-14-2-1-3-14/h6-7,10-12,14-15,22H,1-5,8-9,13H2. The van der Waals surface area contributed by atoms with Crippen molar-refractivity contribution in [2.45, 2.75) is 44.6 Å². The van der Waals surface area contributed by atoms with Gasteiger partial charge in [-0.1, -0.05) is 6.42 Å². The van der Waals surface area contributed by atoms with Crippen molar-refractivity contribution in [3.8, 4) is 0 Å². The van der Waals surface area contributed by atoms with E-state index in [0.29, 0.717) is 5.92 Å². The molecule has 1 aliphatic carbocycles. The molecule has 136 valence electrons. The lowest BCUT2D eigenvalue weighted by Crippen LogP contribution is -2.38. The third-order valence-electron chi connectivity index (χ3n) is 6.04. The maximum Gasteiger partial charge on any atom is 0.270 e. The molecule has 1 N–H and O–H groups in total. The highest BCUT2D eigenvalue weighted by atomic mass is 32.1. The number of aromatic amines is 1. The third kappa shape index (κ3) is 2.86. The van der Waals surface area contributed by atoms with Crippen LogP contribution >= 0.6 is 11.3 Å². The predicted molar refractivity (Wildman–Crippen MR) is 104 cm³/mol. The second-order valence-electron chi connectivity index (χ2n) is 7.68. The first-order valence-electron chi connectivity index (χ1n) is 9.64. The quantitative estimate of drug-likeness (QED) is 0.749. The van der Waals surface area contributed by atoms with Gasteiger partial charge in [0.1, 0.15) is 11.5 Å². The second-order valence-corrected chi connectivity index (χ2v) is 8.63. The summed E-state index contributed by atoms with van der Waals surface area (Å²) < 4.78 is 3.52. The zero-order valence-electron chi connectivity index (χ0n) is 14.9. The molecule has 6 heteroatoms. The minimum absolute atomic E-state index is 0.129. The lowest BCUT2D eigenvalue weighted by atomic mass is 9.85. The molecule has 5 rings (SSSR count).